The Morgan fingerprint density at radius 3 is 2.35 bits per heavy atom. The third kappa shape index (κ3) is 3.66. The largest absolute Gasteiger partial charge is 0.301 e. The molecule has 0 fully saturated rings. The molecule has 4 nitrogen and oxygen atoms in total. The Labute approximate surface area is 157 Å². The molecule has 1 N–H and O–H groups in total. The summed E-state index contributed by atoms with van der Waals surface area (Å²) >= 11 is 1.40. The second kappa shape index (κ2) is 7.51. The molecule has 1 aromatic heterocycles. The van der Waals surface area contributed by atoms with Gasteiger partial charge in [-0.05, 0) is 11.1 Å². The standard InChI is InChI=1S/C21H19N3OS/c1-21(2,19(25)24-20-23-13-14-26-20)18(15-7-5-4-6-8-15)16-9-11-17(22-3)12-10-16/h4-14,18H,1-2H3,(H,23,24,25). The molecule has 0 spiro atoms. The second-order valence-electron chi connectivity index (χ2n) is 6.56. The van der Waals surface area contributed by atoms with Crippen molar-refractivity contribution in [1.29, 1.82) is 0 Å². The first-order chi connectivity index (χ1) is 12.5. The van der Waals surface area contributed by atoms with Crippen LogP contribution in [0.25, 0.3) is 4.85 Å². The lowest BCUT2D eigenvalue weighted by Crippen LogP contribution is -2.37. The van der Waals surface area contributed by atoms with Gasteiger partial charge in [-0.15, -0.1) is 11.3 Å². The number of carbonyl (C=O) groups excluding carboxylic acids is 1. The van der Waals surface area contributed by atoms with Crippen molar-refractivity contribution in [2.45, 2.75) is 19.8 Å². The topological polar surface area (TPSA) is 46.4 Å². The Morgan fingerprint density at radius 1 is 1.12 bits per heavy atom. The zero-order chi connectivity index (χ0) is 18.6. The van der Waals surface area contributed by atoms with Crippen LogP contribution in [0.15, 0.2) is 66.2 Å². The van der Waals surface area contributed by atoms with Crippen LogP contribution in [0.2, 0.25) is 0 Å². The molecule has 130 valence electrons. The third-order valence-electron chi connectivity index (χ3n) is 4.45. The monoisotopic (exact) mass is 361 g/mol. The van der Waals surface area contributed by atoms with E-state index in [1.807, 2.05) is 61.7 Å². The molecular weight excluding hydrogens is 342 g/mol. The maximum atomic E-state index is 13.1. The number of carbonyl (C=O) groups is 1. The number of nitrogens with zero attached hydrogens (tertiary/aromatic N) is 2. The van der Waals surface area contributed by atoms with Crippen LogP contribution in [0, 0.1) is 12.0 Å². The maximum Gasteiger partial charge on any atom is 0.232 e. The number of nitrogens with one attached hydrogen (secondary N) is 1. The lowest BCUT2D eigenvalue weighted by Gasteiger charge is -2.34. The van der Waals surface area contributed by atoms with Gasteiger partial charge in [0.2, 0.25) is 5.91 Å². The molecule has 0 radical (unpaired) electrons. The maximum absolute atomic E-state index is 13.1. The summed E-state index contributed by atoms with van der Waals surface area (Å²) in [6, 6.07) is 17.4. The van der Waals surface area contributed by atoms with Crippen LogP contribution in [0.1, 0.15) is 30.9 Å². The van der Waals surface area contributed by atoms with Gasteiger partial charge in [-0.2, -0.15) is 0 Å². The summed E-state index contributed by atoms with van der Waals surface area (Å²) in [7, 11) is 0. The number of anilines is 1. The smallest absolute Gasteiger partial charge is 0.232 e. The van der Waals surface area contributed by atoms with E-state index in [4.69, 9.17) is 6.57 Å². The van der Waals surface area contributed by atoms with E-state index < -0.39 is 5.41 Å². The molecule has 0 saturated carbocycles. The summed E-state index contributed by atoms with van der Waals surface area (Å²) in [5, 5.41) is 5.35. The van der Waals surface area contributed by atoms with Crippen molar-refractivity contribution in [3.05, 3.63) is 88.7 Å². The van der Waals surface area contributed by atoms with Crippen molar-refractivity contribution in [3.8, 4) is 0 Å². The summed E-state index contributed by atoms with van der Waals surface area (Å²) in [6.07, 6.45) is 1.67. The van der Waals surface area contributed by atoms with E-state index in [-0.39, 0.29) is 11.8 Å². The highest BCUT2D eigenvalue weighted by molar-refractivity contribution is 7.13. The van der Waals surface area contributed by atoms with Crippen molar-refractivity contribution in [2.75, 3.05) is 5.32 Å². The minimum atomic E-state index is -0.716. The summed E-state index contributed by atoms with van der Waals surface area (Å²) in [5.74, 6) is -0.237. The molecule has 1 heterocycles. The van der Waals surface area contributed by atoms with Gasteiger partial charge in [-0.25, -0.2) is 9.83 Å². The van der Waals surface area contributed by atoms with Gasteiger partial charge >= 0.3 is 0 Å². The predicted octanol–water partition coefficient (Wildman–Crippen LogP) is 5.49. The minimum Gasteiger partial charge on any atom is -0.301 e. The molecular formula is C21H19N3OS. The van der Waals surface area contributed by atoms with Crippen LogP contribution in [-0.2, 0) is 4.79 Å². The molecule has 3 rings (SSSR count). The molecule has 0 aliphatic carbocycles. The Kier molecular flexibility index (Phi) is 5.15. The van der Waals surface area contributed by atoms with E-state index in [0.717, 1.165) is 11.1 Å². The number of hydrogen-bond acceptors (Lipinski definition) is 3. The lowest BCUT2D eigenvalue weighted by molar-refractivity contribution is -0.124. The highest BCUT2D eigenvalue weighted by atomic mass is 32.1. The predicted molar refractivity (Wildman–Crippen MR) is 106 cm³/mol. The zero-order valence-corrected chi connectivity index (χ0v) is 15.5. The number of amides is 1. The molecule has 26 heavy (non-hydrogen) atoms. The van der Waals surface area contributed by atoms with Crippen LogP contribution in [0.5, 0.6) is 0 Å². The van der Waals surface area contributed by atoms with Crippen LogP contribution in [0.4, 0.5) is 10.8 Å². The fourth-order valence-electron chi connectivity index (χ4n) is 3.09. The zero-order valence-electron chi connectivity index (χ0n) is 14.6. The van der Waals surface area contributed by atoms with E-state index in [0.29, 0.717) is 10.8 Å². The first-order valence-corrected chi connectivity index (χ1v) is 9.13. The number of aromatic nitrogens is 1. The number of rotatable bonds is 5. The van der Waals surface area contributed by atoms with Crippen LogP contribution >= 0.6 is 11.3 Å². The molecule has 1 unspecified atom stereocenters. The van der Waals surface area contributed by atoms with Crippen LogP contribution in [-0.4, -0.2) is 10.9 Å². The van der Waals surface area contributed by atoms with E-state index in [2.05, 4.69) is 15.1 Å². The molecule has 5 heteroatoms. The van der Waals surface area contributed by atoms with Gasteiger partial charge in [0, 0.05) is 17.5 Å². The molecule has 0 aliphatic heterocycles. The Bertz CT molecular complexity index is 910. The van der Waals surface area contributed by atoms with Gasteiger partial charge in [0.25, 0.3) is 0 Å². The molecule has 1 amide bonds. The van der Waals surface area contributed by atoms with Crippen molar-refractivity contribution < 1.29 is 4.79 Å². The number of thiazole rings is 1. The van der Waals surface area contributed by atoms with Gasteiger partial charge in [-0.1, -0.05) is 68.4 Å². The van der Waals surface area contributed by atoms with Gasteiger partial charge in [0.15, 0.2) is 10.8 Å². The quantitative estimate of drug-likeness (QED) is 0.611. The average molecular weight is 361 g/mol. The van der Waals surface area contributed by atoms with Crippen LogP contribution < -0.4 is 5.32 Å². The van der Waals surface area contributed by atoms with Gasteiger partial charge < -0.3 is 5.32 Å². The van der Waals surface area contributed by atoms with Crippen molar-refractivity contribution in [3.63, 3.8) is 0 Å². The van der Waals surface area contributed by atoms with E-state index in [1.165, 1.54) is 11.3 Å². The summed E-state index contributed by atoms with van der Waals surface area (Å²) < 4.78 is 0. The third-order valence-corrected chi connectivity index (χ3v) is 5.14. The first kappa shape index (κ1) is 17.8. The first-order valence-electron chi connectivity index (χ1n) is 8.25. The molecule has 2 aromatic carbocycles. The fourth-order valence-corrected chi connectivity index (χ4v) is 3.61. The molecule has 3 aromatic rings. The lowest BCUT2D eigenvalue weighted by atomic mass is 9.70. The highest BCUT2D eigenvalue weighted by Crippen LogP contribution is 2.42. The summed E-state index contributed by atoms with van der Waals surface area (Å²) in [6.45, 7) is 11.0. The fraction of sp³-hybridized carbons (Fsp3) is 0.190. The van der Waals surface area contributed by atoms with Gasteiger partial charge in [-0.3, -0.25) is 4.79 Å². The molecule has 1 atom stereocenters. The van der Waals surface area contributed by atoms with Crippen molar-refractivity contribution in [1.82, 2.24) is 4.98 Å². The second-order valence-corrected chi connectivity index (χ2v) is 7.45. The molecule has 0 aliphatic rings. The van der Waals surface area contributed by atoms with Crippen molar-refractivity contribution in [2.24, 2.45) is 5.41 Å². The highest BCUT2D eigenvalue weighted by Gasteiger charge is 2.39. The van der Waals surface area contributed by atoms with E-state index in [1.54, 1.807) is 18.3 Å². The summed E-state index contributed by atoms with van der Waals surface area (Å²) in [5.41, 5.74) is 1.93. The van der Waals surface area contributed by atoms with Crippen LogP contribution in [0.3, 0.4) is 0 Å². The number of benzene rings is 2. The average Bonchev–Trinajstić information content (AvgIpc) is 3.16. The molecule has 0 bridgehead atoms. The normalized spacial score (nSPS) is 12.2. The van der Waals surface area contributed by atoms with E-state index >= 15 is 0 Å². The van der Waals surface area contributed by atoms with Gasteiger partial charge in [0.1, 0.15) is 0 Å². The Morgan fingerprint density at radius 2 is 1.77 bits per heavy atom. The van der Waals surface area contributed by atoms with Crippen molar-refractivity contribution >= 4 is 28.1 Å². The number of hydrogen-bond donors (Lipinski definition) is 1. The SMILES string of the molecule is [C-]#[N+]c1ccc(C(c2ccccc2)C(C)(C)C(=O)Nc2nccs2)cc1. The van der Waals surface area contributed by atoms with E-state index in [9.17, 15) is 4.79 Å². The summed E-state index contributed by atoms with van der Waals surface area (Å²) in [4.78, 5) is 20.7. The molecule has 0 saturated heterocycles. The Hall–Kier alpha value is -2.97. The Balaban J connectivity index is 2.01. The minimum absolute atomic E-state index is 0.0874. The van der Waals surface area contributed by atoms with Gasteiger partial charge in [0.05, 0.1) is 12.0 Å².